The summed E-state index contributed by atoms with van der Waals surface area (Å²) < 4.78 is 9.99. The number of nitrogens with zero attached hydrogens (tertiary/aromatic N) is 3. The maximum Gasteiger partial charge on any atom is 0.120 e. The molecule has 0 aliphatic rings. The Balaban J connectivity index is 0.000000189. The molecule has 4 nitrogen and oxygen atoms in total. The first-order chi connectivity index (χ1) is 23.5. The third kappa shape index (κ3) is 6.26. The van der Waals surface area contributed by atoms with E-state index in [4.69, 9.17) is 9.40 Å². The Morgan fingerprint density at radius 1 is 0.592 bits per heavy atom. The van der Waals surface area contributed by atoms with E-state index in [1.165, 1.54) is 15.3 Å². The van der Waals surface area contributed by atoms with Crippen molar-refractivity contribution in [2.24, 2.45) is 0 Å². The van der Waals surface area contributed by atoms with Gasteiger partial charge in [0.1, 0.15) is 5.58 Å². The number of para-hydroxylation sites is 3. The van der Waals surface area contributed by atoms with Gasteiger partial charge in [0, 0.05) is 53.7 Å². The van der Waals surface area contributed by atoms with Gasteiger partial charge in [-0.25, -0.2) is 0 Å². The zero-order chi connectivity index (χ0) is 32.7. The largest absolute Gasteiger partial charge is 0.501 e. The number of aromatic nitrogens is 3. The molecule has 0 unspecified atom stereocenters. The molecule has 0 saturated heterocycles. The number of furan rings is 1. The zero-order valence-electron chi connectivity index (χ0n) is 27.4. The fraction of sp³-hybridized carbons (Fsp3) is 0.0698. The molecule has 0 bridgehead atoms. The number of hydrogen-bond donors (Lipinski definition) is 0. The standard InChI is InChI=1S/C29H17N2O.C14H16GeN.Ir/c1-2-9-19(10-3-1)31-26-15-6-4-11-20(26)24-18-30-25(17-27(24)31)23-14-8-13-22-21-12-5-7-16-28(21)32-29(22)23;1-15(2,3)13-9-10-14(16-11-13)12-7-5-4-6-8-12;/h1-13,15-18H;4-7,9-11H,1-3H3;/q2*-1;. The van der Waals surface area contributed by atoms with Crippen molar-refractivity contribution in [1.29, 1.82) is 0 Å². The van der Waals surface area contributed by atoms with Crippen LogP contribution >= 0.6 is 0 Å². The maximum absolute atomic E-state index is 6.25. The molecule has 0 aliphatic carbocycles. The van der Waals surface area contributed by atoms with Gasteiger partial charge in [0.2, 0.25) is 0 Å². The molecule has 9 rings (SSSR count). The first-order valence-electron chi connectivity index (χ1n) is 16.2. The fourth-order valence-electron chi connectivity index (χ4n) is 6.29. The summed E-state index contributed by atoms with van der Waals surface area (Å²) in [5, 5.41) is 4.51. The van der Waals surface area contributed by atoms with Crippen LogP contribution in [-0.2, 0) is 20.1 Å². The van der Waals surface area contributed by atoms with Crippen molar-refractivity contribution in [1.82, 2.24) is 14.5 Å². The van der Waals surface area contributed by atoms with Crippen LogP contribution in [0.5, 0.6) is 0 Å². The second-order valence-corrected chi connectivity index (χ2v) is 23.6. The second-order valence-electron chi connectivity index (χ2n) is 12.9. The Morgan fingerprint density at radius 3 is 2.08 bits per heavy atom. The molecule has 49 heavy (non-hydrogen) atoms. The molecule has 0 N–H and O–H groups in total. The Bertz CT molecular complexity index is 2530. The third-order valence-corrected chi connectivity index (χ3v) is 13.0. The summed E-state index contributed by atoms with van der Waals surface area (Å²) in [6.07, 6.45) is 4.01. The molecule has 241 valence electrons. The summed E-state index contributed by atoms with van der Waals surface area (Å²) in [7, 11) is 0. The topological polar surface area (TPSA) is 43.9 Å². The van der Waals surface area contributed by atoms with Gasteiger partial charge in [-0.05, 0) is 30.0 Å². The Morgan fingerprint density at radius 2 is 1.33 bits per heavy atom. The van der Waals surface area contributed by atoms with Crippen molar-refractivity contribution < 1.29 is 24.5 Å². The van der Waals surface area contributed by atoms with Crippen molar-refractivity contribution in [2.45, 2.75) is 17.3 Å². The van der Waals surface area contributed by atoms with Crippen LogP contribution in [0, 0.1) is 12.1 Å². The monoisotopic (exact) mass is 874 g/mol. The molecule has 9 aromatic rings. The van der Waals surface area contributed by atoms with Crippen LogP contribution < -0.4 is 4.40 Å². The molecule has 1 radical (unpaired) electrons. The first-order valence-corrected chi connectivity index (χ1v) is 23.5. The van der Waals surface area contributed by atoms with Crippen LogP contribution in [0.1, 0.15) is 0 Å². The van der Waals surface area contributed by atoms with Gasteiger partial charge in [-0.15, -0.1) is 18.2 Å². The van der Waals surface area contributed by atoms with E-state index >= 15 is 0 Å². The smallest absolute Gasteiger partial charge is 0.120 e. The summed E-state index contributed by atoms with van der Waals surface area (Å²) >= 11 is -1.72. The van der Waals surface area contributed by atoms with Crippen molar-refractivity contribution in [2.75, 3.05) is 0 Å². The summed E-state index contributed by atoms with van der Waals surface area (Å²) in [6.45, 7) is 0. The van der Waals surface area contributed by atoms with E-state index in [1.807, 2.05) is 67.0 Å². The molecule has 5 aromatic carbocycles. The first kappa shape index (κ1) is 32.7. The van der Waals surface area contributed by atoms with Gasteiger partial charge in [0.15, 0.2) is 0 Å². The van der Waals surface area contributed by atoms with Gasteiger partial charge in [-0.2, -0.15) is 0 Å². The van der Waals surface area contributed by atoms with E-state index < -0.39 is 13.3 Å². The Labute approximate surface area is 302 Å². The number of benzene rings is 5. The Hall–Kier alpha value is -4.81. The normalized spacial score (nSPS) is 11.4. The van der Waals surface area contributed by atoms with Crippen LogP contribution in [0.15, 0.2) is 150 Å². The molecule has 0 fully saturated rings. The van der Waals surface area contributed by atoms with Crippen LogP contribution in [0.25, 0.3) is 71.9 Å². The second kappa shape index (κ2) is 13.6. The van der Waals surface area contributed by atoms with Crippen LogP contribution in [0.4, 0.5) is 0 Å². The molecule has 0 saturated carbocycles. The van der Waals surface area contributed by atoms with E-state index in [0.29, 0.717) is 0 Å². The molecule has 4 heterocycles. The maximum atomic E-state index is 6.25. The average molecular weight is 873 g/mol. The average Bonchev–Trinajstić information content (AvgIpc) is 3.68. The predicted molar refractivity (Wildman–Crippen MR) is 202 cm³/mol. The molecular weight excluding hydrogens is 839 g/mol. The van der Waals surface area contributed by atoms with Gasteiger partial charge in [0.25, 0.3) is 0 Å². The van der Waals surface area contributed by atoms with E-state index in [-0.39, 0.29) is 20.1 Å². The van der Waals surface area contributed by atoms with Gasteiger partial charge in [0.05, 0.1) is 11.1 Å². The minimum atomic E-state index is -1.72. The minimum absolute atomic E-state index is 0. The molecule has 6 heteroatoms. The van der Waals surface area contributed by atoms with Crippen LogP contribution in [0.2, 0.25) is 17.3 Å². The van der Waals surface area contributed by atoms with Crippen LogP contribution in [-0.4, -0.2) is 27.8 Å². The number of fused-ring (bicyclic) bond motifs is 6. The van der Waals surface area contributed by atoms with Gasteiger partial charge < -0.3 is 14.0 Å². The van der Waals surface area contributed by atoms with Gasteiger partial charge >= 0.3 is 99.8 Å². The molecule has 0 amide bonds. The summed E-state index contributed by atoms with van der Waals surface area (Å²) in [5.41, 5.74) is 8.91. The van der Waals surface area contributed by atoms with Crippen molar-refractivity contribution >= 4 is 61.4 Å². The zero-order valence-corrected chi connectivity index (χ0v) is 31.9. The number of pyridine rings is 2. The quantitative estimate of drug-likeness (QED) is 0.131. The molecular formula is C43H33GeIrN3O-2. The van der Waals surface area contributed by atoms with Crippen molar-refractivity contribution in [3.63, 3.8) is 0 Å². The van der Waals surface area contributed by atoms with E-state index in [9.17, 15) is 0 Å². The van der Waals surface area contributed by atoms with Crippen molar-refractivity contribution in [3.05, 3.63) is 158 Å². The Kier molecular flexibility index (Phi) is 9.08. The third-order valence-electron chi connectivity index (χ3n) is 8.78. The molecule has 4 aromatic heterocycles. The van der Waals surface area contributed by atoms with Crippen LogP contribution in [0.3, 0.4) is 0 Å². The molecule has 0 spiro atoms. The van der Waals surface area contributed by atoms with Gasteiger partial charge in [-0.1, -0.05) is 71.6 Å². The van der Waals surface area contributed by atoms with E-state index in [1.54, 1.807) is 0 Å². The predicted octanol–water partition coefficient (Wildman–Crippen LogP) is 10.6. The summed E-state index contributed by atoms with van der Waals surface area (Å²) in [4.78, 5) is 9.38. The number of hydrogen-bond acceptors (Lipinski definition) is 3. The minimum Gasteiger partial charge on any atom is -0.501 e. The van der Waals surface area contributed by atoms with E-state index in [0.717, 1.165) is 61.0 Å². The SMILES string of the molecule is [CH3][Ge]([CH3])([CH3])[c]1ccc(-c2[c-]cccc2)nc1.[Ir].[c-]1ccc2c(oc3ccccc32)c1-c1cc2c(cn1)c1ccccc1n2-c1ccccc1. The summed E-state index contributed by atoms with van der Waals surface area (Å²) in [5.74, 6) is 7.14. The fourth-order valence-corrected chi connectivity index (χ4v) is 8.46. The van der Waals surface area contributed by atoms with Gasteiger partial charge in [-0.3, -0.25) is 0 Å². The molecule has 0 atom stereocenters. The summed E-state index contributed by atoms with van der Waals surface area (Å²) in [6, 6.07) is 52.1. The number of rotatable bonds is 4. The molecule has 0 aliphatic heterocycles. The van der Waals surface area contributed by atoms with Crippen molar-refractivity contribution in [3.8, 4) is 28.2 Å². The van der Waals surface area contributed by atoms with E-state index in [2.05, 4.69) is 118 Å².